The fourth-order valence-electron chi connectivity index (χ4n) is 8.52. The summed E-state index contributed by atoms with van der Waals surface area (Å²) in [7, 11) is 0. The predicted molar refractivity (Wildman–Crippen MR) is 122 cm³/mol. The van der Waals surface area contributed by atoms with E-state index < -0.39 is 11.8 Å². The van der Waals surface area contributed by atoms with E-state index in [0.717, 1.165) is 49.0 Å². The van der Waals surface area contributed by atoms with Crippen molar-refractivity contribution in [3.63, 3.8) is 0 Å². The number of rotatable bonds is 1. The summed E-state index contributed by atoms with van der Waals surface area (Å²) in [5, 5.41) is 10.4. The van der Waals surface area contributed by atoms with E-state index in [0.29, 0.717) is 24.2 Å². The lowest BCUT2D eigenvalue weighted by molar-refractivity contribution is -0.289. The van der Waals surface area contributed by atoms with E-state index in [1.54, 1.807) is 0 Å². The molecule has 1 heterocycles. The molecule has 33 heavy (non-hydrogen) atoms. The molecular formula is C27H33F3N2O. The molecule has 3 nitrogen and oxygen atoms in total. The van der Waals surface area contributed by atoms with Crippen LogP contribution in [0.2, 0.25) is 0 Å². The predicted octanol–water partition coefficient (Wildman–Crippen LogP) is 6.89. The first-order valence-corrected chi connectivity index (χ1v) is 12.5. The van der Waals surface area contributed by atoms with Crippen molar-refractivity contribution in [2.45, 2.75) is 77.0 Å². The Balaban J connectivity index is 1.27. The van der Waals surface area contributed by atoms with Crippen LogP contribution in [-0.2, 0) is 0 Å². The van der Waals surface area contributed by atoms with E-state index in [4.69, 9.17) is 4.98 Å². The molecule has 3 fully saturated rings. The van der Waals surface area contributed by atoms with Crippen LogP contribution in [-0.4, -0.2) is 26.9 Å². The summed E-state index contributed by atoms with van der Waals surface area (Å²) in [6.45, 7) is 4.62. The lowest BCUT2D eigenvalue weighted by Crippen LogP contribution is -2.58. The van der Waals surface area contributed by atoms with Gasteiger partial charge < -0.3 is 10.1 Å². The fourth-order valence-corrected chi connectivity index (χ4v) is 8.52. The number of hydrogen-bond donors (Lipinski definition) is 2. The number of hydrogen-bond acceptors (Lipinski definition) is 2. The number of aliphatic hydroxyl groups is 1. The SMILES string of the molecule is C[C@]12CC[C@@](O)(C(F)(F)F)CC1CC[C@@H]1[C@@H]2CC[C@]2(C)C(c3nc4ccccc4[nH]3)=CC[C@@H]12. The minimum absolute atomic E-state index is 0.0484. The minimum atomic E-state index is -4.53. The van der Waals surface area contributed by atoms with Gasteiger partial charge in [0.1, 0.15) is 5.82 Å². The molecular weight excluding hydrogens is 425 g/mol. The Morgan fingerprint density at radius 2 is 1.82 bits per heavy atom. The average Bonchev–Trinajstić information content (AvgIpc) is 3.33. The third-order valence-corrected chi connectivity index (χ3v) is 10.5. The zero-order valence-electron chi connectivity index (χ0n) is 19.4. The zero-order valence-corrected chi connectivity index (χ0v) is 19.4. The minimum Gasteiger partial charge on any atom is -0.380 e. The molecule has 0 spiro atoms. The second-order valence-electron chi connectivity index (χ2n) is 11.8. The highest BCUT2D eigenvalue weighted by molar-refractivity contribution is 5.80. The molecule has 178 valence electrons. The van der Waals surface area contributed by atoms with Crippen LogP contribution in [0.4, 0.5) is 13.2 Å². The molecule has 7 atom stereocenters. The molecule has 4 aliphatic rings. The largest absolute Gasteiger partial charge is 0.417 e. The molecule has 0 aliphatic heterocycles. The van der Waals surface area contributed by atoms with Crippen molar-refractivity contribution in [3.05, 3.63) is 36.2 Å². The first-order valence-electron chi connectivity index (χ1n) is 12.5. The number of imidazole rings is 1. The third-order valence-electron chi connectivity index (χ3n) is 10.5. The number of para-hydroxylation sites is 2. The molecule has 2 aromatic rings. The van der Waals surface area contributed by atoms with Gasteiger partial charge in [-0.2, -0.15) is 13.2 Å². The monoisotopic (exact) mass is 458 g/mol. The lowest BCUT2D eigenvalue weighted by atomic mass is 9.44. The Hall–Kier alpha value is -1.82. The van der Waals surface area contributed by atoms with Crippen LogP contribution < -0.4 is 0 Å². The summed E-state index contributed by atoms with van der Waals surface area (Å²) in [5.41, 5.74) is 0.813. The van der Waals surface area contributed by atoms with Crippen molar-refractivity contribution in [2.75, 3.05) is 0 Å². The van der Waals surface area contributed by atoms with Gasteiger partial charge in [0.25, 0.3) is 0 Å². The van der Waals surface area contributed by atoms with Crippen molar-refractivity contribution in [3.8, 4) is 0 Å². The van der Waals surface area contributed by atoms with Crippen molar-refractivity contribution in [1.82, 2.24) is 9.97 Å². The first-order chi connectivity index (χ1) is 15.6. The summed E-state index contributed by atoms with van der Waals surface area (Å²) >= 11 is 0. The van der Waals surface area contributed by atoms with Crippen LogP contribution in [0.3, 0.4) is 0 Å². The number of nitrogens with zero attached hydrogens (tertiary/aromatic N) is 1. The average molecular weight is 459 g/mol. The first kappa shape index (κ1) is 21.7. The zero-order chi connectivity index (χ0) is 23.2. The van der Waals surface area contributed by atoms with Gasteiger partial charge in [0, 0.05) is 0 Å². The Labute approximate surface area is 192 Å². The molecule has 6 heteroatoms. The van der Waals surface area contributed by atoms with Gasteiger partial charge >= 0.3 is 6.18 Å². The Morgan fingerprint density at radius 3 is 2.58 bits per heavy atom. The van der Waals surface area contributed by atoms with E-state index in [2.05, 4.69) is 31.0 Å². The van der Waals surface area contributed by atoms with Crippen LogP contribution >= 0.6 is 0 Å². The van der Waals surface area contributed by atoms with Gasteiger partial charge in [-0.3, -0.25) is 0 Å². The quantitative estimate of drug-likeness (QED) is 0.489. The van der Waals surface area contributed by atoms with Gasteiger partial charge in [-0.15, -0.1) is 0 Å². The number of allylic oxidation sites excluding steroid dienone is 2. The lowest BCUT2D eigenvalue weighted by Gasteiger charge is -2.61. The second kappa shape index (κ2) is 6.87. The second-order valence-corrected chi connectivity index (χ2v) is 11.8. The number of nitrogens with one attached hydrogen (secondary N) is 1. The summed E-state index contributed by atoms with van der Waals surface area (Å²) < 4.78 is 40.8. The molecule has 2 N–H and O–H groups in total. The smallest absolute Gasteiger partial charge is 0.380 e. The Kier molecular flexibility index (Phi) is 4.51. The number of halogens is 3. The summed E-state index contributed by atoms with van der Waals surface area (Å²) in [5.74, 6) is 2.41. The molecule has 3 saturated carbocycles. The molecule has 0 radical (unpaired) electrons. The molecule has 0 amide bonds. The van der Waals surface area contributed by atoms with Crippen LogP contribution in [0.25, 0.3) is 16.6 Å². The van der Waals surface area contributed by atoms with Crippen LogP contribution in [0.5, 0.6) is 0 Å². The van der Waals surface area contributed by atoms with Crippen molar-refractivity contribution >= 4 is 16.6 Å². The molecule has 1 aromatic heterocycles. The number of benzene rings is 1. The van der Waals surface area contributed by atoms with Crippen LogP contribution in [0.15, 0.2) is 30.3 Å². The van der Waals surface area contributed by atoms with Gasteiger partial charge in [0.05, 0.1) is 11.0 Å². The number of fused-ring (bicyclic) bond motifs is 6. The maximum absolute atomic E-state index is 13.6. The summed E-state index contributed by atoms with van der Waals surface area (Å²) in [6.07, 6.45) is 2.93. The van der Waals surface area contributed by atoms with Crippen molar-refractivity contribution in [1.29, 1.82) is 0 Å². The van der Waals surface area contributed by atoms with Crippen LogP contribution in [0.1, 0.15) is 71.0 Å². The topological polar surface area (TPSA) is 48.9 Å². The number of aromatic amines is 1. The van der Waals surface area contributed by atoms with Gasteiger partial charge in [0.15, 0.2) is 5.60 Å². The normalized spacial score (nSPS) is 43.0. The number of alkyl halides is 3. The van der Waals surface area contributed by atoms with Crippen molar-refractivity contribution < 1.29 is 18.3 Å². The molecule has 1 aromatic carbocycles. The van der Waals surface area contributed by atoms with Gasteiger partial charge in [-0.25, -0.2) is 4.98 Å². The van der Waals surface area contributed by atoms with E-state index in [1.165, 1.54) is 5.57 Å². The van der Waals surface area contributed by atoms with Gasteiger partial charge in [-0.1, -0.05) is 32.1 Å². The highest BCUT2D eigenvalue weighted by atomic mass is 19.4. The fraction of sp³-hybridized carbons (Fsp3) is 0.667. The summed E-state index contributed by atoms with van der Waals surface area (Å²) in [6, 6.07) is 8.13. The summed E-state index contributed by atoms with van der Waals surface area (Å²) in [4.78, 5) is 8.42. The standard InChI is InChI=1S/C27H33F3N2O/c1-24-13-14-26(33,27(28,29)30)15-16(24)7-8-17-18-9-10-20(25(18,2)12-11-19(17)24)23-31-21-5-3-4-6-22(21)32-23/h3-6,10,16-19,33H,7-9,11-15H2,1-2H3,(H,31,32)/t16?,17-,18-,19-,24-,25-,26-/m0/s1. The van der Waals surface area contributed by atoms with E-state index in [9.17, 15) is 18.3 Å². The van der Waals surface area contributed by atoms with Crippen molar-refractivity contribution in [2.24, 2.45) is 34.5 Å². The van der Waals surface area contributed by atoms with Crippen LogP contribution in [0, 0.1) is 34.5 Å². The number of aromatic nitrogens is 2. The maximum atomic E-state index is 13.6. The van der Waals surface area contributed by atoms with E-state index >= 15 is 0 Å². The van der Waals surface area contributed by atoms with Gasteiger partial charge in [-0.05, 0) is 104 Å². The Bertz CT molecular complexity index is 1090. The van der Waals surface area contributed by atoms with E-state index in [1.807, 2.05) is 18.2 Å². The molecule has 0 saturated heterocycles. The molecule has 0 bridgehead atoms. The third kappa shape index (κ3) is 2.95. The number of H-pyrrole nitrogens is 1. The molecule has 1 unspecified atom stereocenters. The molecule has 6 rings (SSSR count). The highest BCUT2D eigenvalue weighted by Crippen LogP contribution is 2.68. The van der Waals surface area contributed by atoms with Gasteiger partial charge in [0.2, 0.25) is 0 Å². The maximum Gasteiger partial charge on any atom is 0.417 e. The van der Waals surface area contributed by atoms with E-state index in [-0.39, 0.29) is 29.6 Å². The molecule has 4 aliphatic carbocycles. The highest BCUT2D eigenvalue weighted by Gasteiger charge is 2.64. The Morgan fingerprint density at radius 1 is 1.03 bits per heavy atom.